The van der Waals surface area contributed by atoms with Crippen molar-refractivity contribution in [3.63, 3.8) is 0 Å². The van der Waals surface area contributed by atoms with Crippen molar-refractivity contribution in [3.8, 4) is 0 Å². The molecule has 0 radical (unpaired) electrons. The molecule has 0 atom stereocenters. The smallest absolute Gasteiger partial charge is 0.201 e. The summed E-state index contributed by atoms with van der Waals surface area (Å²) in [7, 11) is 0. The van der Waals surface area contributed by atoms with Crippen LogP contribution in [0.5, 0.6) is 0 Å². The van der Waals surface area contributed by atoms with Crippen LogP contribution in [0.15, 0.2) is 65.5 Å². The molecule has 1 N–H and O–H groups in total. The molecule has 3 rings (SSSR count). The number of aliphatic hydroxyl groups is 1. The van der Waals surface area contributed by atoms with Gasteiger partial charge in [-0.05, 0) is 50.2 Å². The maximum Gasteiger partial charge on any atom is 0.201 e. The number of hydrogen-bond acceptors (Lipinski definition) is 4. The fraction of sp³-hybridized carbons (Fsp3) is 0.375. The number of allylic oxidation sites excluding steroid dienone is 5. The molecule has 0 aromatic heterocycles. The van der Waals surface area contributed by atoms with Crippen molar-refractivity contribution in [1.82, 2.24) is 4.90 Å². The number of anilines is 1. The lowest BCUT2D eigenvalue weighted by Crippen LogP contribution is -2.33. The molecule has 1 aromatic carbocycles. The summed E-state index contributed by atoms with van der Waals surface area (Å²) in [6, 6.07) is 8.10. The maximum absolute atomic E-state index is 12.8. The van der Waals surface area contributed by atoms with Crippen LogP contribution in [0.2, 0.25) is 0 Å². The van der Waals surface area contributed by atoms with Gasteiger partial charge in [0.15, 0.2) is 0 Å². The van der Waals surface area contributed by atoms with E-state index in [1.807, 2.05) is 36.4 Å². The molecule has 0 unspecified atom stereocenters. The summed E-state index contributed by atoms with van der Waals surface area (Å²) < 4.78 is 0. The molecular formula is C24H30N2O2. The fourth-order valence-corrected chi connectivity index (χ4v) is 3.95. The molecule has 0 heterocycles. The van der Waals surface area contributed by atoms with Gasteiger partial charge in [-0.3, -0.25) is 9.69 Å². The standard InChI is InChI=1S/C24H30N2O2/c1-5-25(6-2)19-13-9-17(10-14-19)21-23(27)22(24(21)28)18-11-15-20(16-12-18)26(7-3)8-4/h9-16,19,27H,5-8H2,1-4H3. The van der Waals surface area contributed by atoms with Gasteiger partial charge in [0.25, 0.3) is 0 Å². The van der Waals surface area contributed by atoms with Gasteiger partial charge in [0.1, 0.15) is 5.76 Å². The lowest BCUT2D eigenvalue weighted by molar-refractivity contribution is -0.111. The maximum atomic E-state index is 12.8. The van der Waals surface area contributed by atoms with Gasteiger partial charge in [-0.25, -0.2) is 0 Å². The molecule has 2 aliphatic rings. The monoisotopic (exact) mass is 378 g/mol. The predicted molar refractivity (Wildman–Crippen MR) is 117 cm³/mol. The van der Waals surface area contributed by atoms with Crippen LogP contribution in [0.4, 0.5) is 5.69 Å². The normalized spacial score (nSPS) is 18.9. The summed E-state index contributed by atoms with van der Waals surface area (Å²) in [5.41, 5.74) is 3.52. The third-order valence-corrected chi connectivity index (χ3v) is 5.68. The summed E-state index contributed by atoms with van der Waals surface area (Å²) >= 11 is 0. The molecule has 1 aromatic rings. The van der Waals surface area contributed by atoms with E-state index < -0.39 is 0 Å². The van der Waals surface area contributed by atoms with Gasteiger partial charge >= 0.3 is 0 Å². The lowest BCUT2D eigenvalue weighted by atomic mass is 9.80. The van der Waals surface area contributed by atoms with Crippen LogP contribution in [-0.2, 0) is 4.79 Å². The Morgan fingerprint density at radius 3 is 1.89 bits per heavy atom. The van der Waals surface area contributed by atoms with Crippen LogP contribution in [-0.4, -0.2) is 48.0 Å². The number of carbonyl (C=O) groups is 1. The first kappa shape index (κ1) is 20.2. The van der Waals surface area contributed by atoms with E-state index in [-0.39, 0.29) is 17.6 Å². The quantitative estimate of drug-likeness (QED) is 0.709. The summed E-state index contributed by atoms with van der Waals surface area (Å²) in [4.78, 5) is 17.3. The van der Waals surface area contributed by atoms with E-state index in [4.69, 9.17) is 0 Å². The Hall–Kier alpha value is -2.59. The molecule has 0 saturated carbocycles. The first-order valence-corrected chi connectivity index (χ1v) is 10.2. The van der Waals surface area contributed by atoms with Gasteiger partial charge in [0.05, 0.1) is 11.1 Å². The van der Waals surface area contributed by atoms with E-state index in [0.29, 0.717) is 11.1 Å². The largest absolute Gasteiger partial charge is 0.506 e. The molecule has 0 fully saturated rings. The number of likely N-dealkylation sites (N-methyl/N-ethyl adjacent to an activating group) is 1. The van der Waals surface area contributed by atoms with Gasteiger partial charge in [0.2, 0.25) is 5.78 Å². The van der Waals surface area contributed by atoms with Crippen LogP contribution in [0.25, 0.3) is 5.57 Å². The van der Waals surface area contributed by atoms with E-state index in [2.05, 4.69) is 49.6 Å². The second kappa shape index (κ2) is 8.61. The molecule has 0 aliphatic heterocycles. The Morgan fingerprint density at radius 1 is 0.857 bits per heavy atom. The molecular weight excluding hydrogens is 348 g/mol. The molecule has 148 valence electrons. The molecule has 0 spiro atoms. The first-order valence-electron chi connectivity index (χ1n) is 10.2. The van der Waals surface area contributed by atoms with Gasteiger partial charge in [-0.15, -0.1) is 0 Å². The average Bonchev–Trinajstić information content (AvgIpc) is 2.72. The summed E-state index contributed by atoms with van der Waals surface area (Å²) in [5, 5.41) is 10.6. The van der Waals surface area contributed by atoms with Crippen LogP contribution < -0.4 is 4.90 Å². The Morgan fingerprint density at radius 2 is 1.43 bits per heavy atom. The lowest BCUT2D eigenvalue weighted by Gasteiger charge is -2.28. The zero-order chi connectivity index (χ0) is 20.3. The predicted octanol–water partition coefficient (Wildman–Crippen LogP) is 4.52. The van der Waals surface area contributed by atoms with Crippen molar-refractivity contribution in [1.29, 1.82) is 0 Å². The van der Waals surface area contributed by atoms with E-state index in [0.717, 1.165) is 43.0 Å². The molecule has 0 bridgehead atoms. The van der Waals surface area contributed by atoms with Gasteiger partial charge in [0, 0.05) is 24.8 Å². The van der Waals surface area contributed by atoms with Crippen molar-refractivity contribution in [2.45, 2.75) is 33.7 Å². The van der Waals surface area contributed by atoms with Gasteiger partial charge < -0.3 is 10.0 Å². The van der Waals surface area contributed by atoms with Gasteiger partial charge in [-0.1, -0.05) is 50.3 Å². The first-order chi connectivity index (χ1) is 13.5. The van der Waals surface area contributed by atoms with Crippen LogP contribution in [0.1, 0.15) is 33.3 Å². The van der Waals surface area contributed by atoms with Crippen molar-refractivity contribution < 1.29 is 9.90 Å². The molecule has 0 saturated heterocycles. The minimum Gasteiger partial charge on any atom is -0.506 e. The number of benzene rings is 1. The SMILES string of the molecule is CCN(CC)c1ccc(C2=C(O)C(=C3C=CC(N(CC)CC)C=C3)C2=O)cc1. The van der Waals surface area contributed by atoms with Crippen molar-refractivity contribution in [3.05, 3.63) is 71.0 Å². The number of Topliss-reactive ketones (excluding diaryl/α,β-unsaturated/α-hetero) is 1. The molecule has 28 heavy (non-hydrogen) atoms. The number of carbonyl (C=O) groups excluding carboxylic acids is 1. The fourth-order valence-electron chi connectivity index (χ4n) is 3.95. The molecule has 4 heteroatoms. The summed E-state index contributed by atoms with van der Waals surface area (Å²) in [6.45, 7) is 12.3. The van der Waals surface area contributed by atoms with Crippen molar-refractivity contribution in [2.24, 2.45) is 0 Å². The Bertz CT molecular complexity index is 835. The summed E-state index contributed by atoms with van der Waals surface area (Å²) in [5.74, 6) is 0.0184. The van der Waals surface area contributed by atoms with Crippen LogP contribution in [0, 0.1) is 0 Å². The van der Waals surface area contributed by atoms with Crippen molar-refractivity contribution >= 4 is 17.0 Å². The Balaban J connectivity index is 1.84. The topological polar surface area (TPSA) is 43.8 Å². The Labute approximate surface area is 168 Å². The van der Waals surface area contributed by atoms with E-state index >= 15 is 0 Å². The second-order valence-corrected chi connectivity index (χ2v) is 7.03. The van der Waals surface area contributed by atoms with Gasteiger partial charge in [-0.2, -0.15) is 0 Å². The van der Waals surface area contributed by atoms with Crippen molar-refractivity contribution in [2.75, 3.05) is 31.1 Å². The number of nitrogens with zero attached hydrogens (tertiary/aromatic N) is 2. The van der Waals surface area contributed by atoms with Crippen LogP contribution in [0.3, 0.4) is 0 Å². The Kier molecular flexibility index (Phi) is 6.20. The number of ketones is 1. The average molecular weight is 379 g/mol. The number of hydrogen-bond donors (Lipinski definition) is 1. The van der Waals surface area contributed by atoms with E-state index in [1.54, 1.807) is 0 Å². The number of rotatable bonds is 7. The van der Waals surface area contributed by atoms with E-state index in [1.165, 1.54) is 0 Å². The minimum absolute atomic E-state index is 0.0846. The highest BCUT2D eigenvalue weighted by atomic mass is 16.3. The highest BCUT2D eigenvalue weighted by Crippen LogP contribution is 2.39. The number of aliphatic hydroxyl groups excluding tert-OH is 1. The zero-order valence-corrected chi connectivity index (χ0v) is 17.3. The van der Waals surface area contributed by atoms with Crippen LogP contribution >= 0.6 is 0 Å². The third kappa shape index (κ3) is 3.57. The minimum atomic E-state index is -0.0846. The highest BCUT2D eigenvalue weighted by Gasteiger charge is 2.36. The third-order valence-electron chi connectivity index (χ3n) is 5.68. The second-order valence-electron chi connectivity index (χ2n) is 7.03. The zero-order valence-electron chi connectivity index (χ0n) is 17.3. The molecule has 2 aliphatic carbocycles. The molecule has 0 amide bonds. The van der Waals surface area contributed by atoms with E-state index in [9.17, 15) is 9.90 Å². The molecule has 4 nitrogen and oxygen atoms in total. The summed E-state index contributed by atoms with van der Waals surface area (Å²) in [6.07, 6.45) is 8.08. The highest BCUT2D eigenvalue weighted by molar-refractivity contribution is 6.39.